The molecule has 4 rings (SSSR count). The van der Waals surface area contributed by atoms with Crippen molar-refractivity contribution in [3.63, 3.8) is 0 Å². The first-order chi connectivity index (χ1) is 13.8. The van der Waals surface area contributed by atoms with Crippen LogP contribution in [-0.2, 0) is 23.7 Å². The third-order valence-electron chi connectivity index (χ3n) is 3.69. The van der Waals surface area contributed by atoms with Gasteiger partial charge in [-0.15, -0.1) is 0 Å². The van der Waals surface area contributed by atoms with E-state index in [2.05, 4.69) is 54.6 Å². The summed E-state index contributed by atoms with van der Waals surface area (Å²) >= 11 is 6.27. The quantitative estimate of drug-likeness (QED) is 0.256. The van der Waals surface area contributed by atoms with Gasteiger partial charge >= 0.3 is 33.2 Å². The van der Waals surface area contributed by atoms with E-state index in [1.165, 1.54) is 30.7 Å². The van der Waals surface area contributed by atoms with Crippen molar-refractivity contribution in [2.24, 2.45) is 0 Å². The predicted octanol–water partition coefficient (Wildman–Crippen LogP) is 4.24. The molecule has 148 valence electrons. The van der Waals surface area contributed by atoms with E-state index in [0.717, 1.165) is 0 Å². The van der Waals surface area contributed by atoms with Crippen LogP contribution in [0.15, 0.2) is 103 Å². The van der Waals surface area contributed by atoms with Crippen LogP contribution < -0.4 is 10.4 Å². The van der Waals surface area contributed by atoms with Crippen LogP contribution in [0.1, 0.15) is 0 Å². The molecule has 0 N–H and O–H groups in total. The van der Waals surface area contributed by atoms with E-state index in [1.807, 2.05) is 48.5 Å². The molecule has 0 spiro atoms. The van der Waals surface area contributed by atoms with Gasteiger partial charge in [-0.3, -0.25) is 0 Å². The molecule has 0 bridgehead atoms. The molecule has 0 saturated carbocycles. The van der Waals surface area contributed by atoms with Gasteiger partial charge in [-0.1, -0.05) is 72.8 Å². The van der Waals surface area contributed by atoms with Gasteiger partial charge in [0.05, 0.1) is 0 Å². The van der Waals surface area contributed by atoms with Crippen LogP contribution in [0.4, 0.5) is 0 Å². The molecule has 29 heavy (non-hydrogen) atoms. The summed E-state index contributed by atoms with van der Waals surface area (Å²) in [7, 11) is -1.20. The second kappa shape index (κ2) is 14.5. The molecule has 0 aromatic heterocycles. The number of hydrogen-bond donors (Lipinski definition) is 0. The van der Waals surface area contributed by atoms with Gasteiger partial charge in [0.15, 0.2) is 0 Å². The zero-order chi connectivity index (χ0) is 20.0. The van der Waals surface area contributed by atoms with Crippen LogP contribution in [-0.4, -0.2) is 17.7 Å². The number of rotatable bonds is 2. The van der Waals surface area contributed by atoms with Crippen LogP contribution in [0, 0.1) is 7.43 Å². The maximum Gasteiger partial charge on any atom is -0.172 e. The smallest absolute Gasteiger partial charge is 0.172 e. The van der Waals surface area contributed by atoms with Gasteiger partial charge in [0, 0.05) is 0 Å². The first kappa shape index (κ1) is 24.5. The average molecular weight is 459 g/mol. The van der Waals surface area contributed by atoms with E-state index in [-0.39, 0.29) is 7.43 Å². The van der Waals surface area contributed by atoms with Crippen LogP contribution in [0.3, 0.4) is 0 Å². The molecule has 0 heterocycles. The largest absolute Gasteiger partial charge is 0.358 e. The van der Waals surface area contributed by atoms with E-state index in [0.29, 0.717) is 0 Å². The SMILES string of the molecule is Cl[Si](c1ccccc1)c1cccc2ccccc12.O=[C]=[Mn]=[C]=O.[CH3-].c1cc[cH-]c1. The zero-order valence-electron chi connectivity index (χ0n) is 15.9. The number of carbonyl (C=O) groups excluding carboxylic acids is 2. The molecule has 5 heteroatoms. The van der Waals surface area contributed by atoms with Crippen molar-refractivity contribution in [3.8, 4) is 0 Å². The van der Waals surface area contributed by atoms with Gasteiger partial charge in [-0.05, 0) is 21.1 Å². The Hall–Kier alpha value is -2.54. The molecule has 0 aliphatic heterocycles. The number of fused-ring (bicyclic) bond motifs is 1. The topological polar surface area (TPSA) is 34.1 Å². The maximum atomic E-state index is 9.03. The molecule has 0 saturated heterocycles. The first-order valence-corrected chi connectivity index (χ1v) is 12.1. The van der Waals surface area contributed by atoms with Crippen molar-refractivity contribution >= 4 is 49.9 Å². The van der Waals surface area contributed by atoms with Gasteiger partial charge in [0.2, 0.25) is 8.11 Å². The summed E-state index contributed by atoms with van der Waals surface area (Å²) in [6.45, 7) is 0. The minimum Gasteiger partial charge on any atom is -0.358 e. The van der Waals surface area contributed by atoms with Gasteiger partial charge in [0.25, 0.3) is 0 Å². The fourth-order valence-electron chi connectivity index (χ4n) is 2.49. The Morgan fingerprint density at radius 2 is 1.34 bits per heavy atom. The number of hydrogen-bond acceptors (Lipinski definition) is 2. The summed E-state index contributed by atoms with van der Waals surface area (Å²) in [5.74, 6) is 0. The van der Waals surface area contributed by atoms with Gasteiger partial charge in [-0.2, -0.15) is 29.3 Å². The Kier molecular flexibility index (Phi) is 12.2. The third-order valence-corrected chi connectivity index (χ3v) is 6.94. The van der Waals surface area contributed by atoms with Crippen LogP contribution in [0.25, 0.3) is 10.8 Å². The third kappa shape index (κ3) is 8.15. The maximum absolute atomic E-state index is 9.03. The van der Waals surface area contributed by atoms with Crippen molar-refractivity contribution in [1.82, 2.24) is 0 Å². The van der Waals surface area contributed by atoms with E-state index in [1.54, 1.807) is 0 Å². The van der Waals surface area contributed by atoms with Gasteiger partial charge in [-0.25, -0.2) is 12.1 Å². The van der Waals surface area contributed by atoms with E-state index in [9.17, 15) is 0 Å². The fourth-order valence-corrected chi connectivity index (χ4v) is 4.92. The van der Waals surface area contributed by atoms with Crippen molar-refractivity contribution in [1.29, 1.82) is 0 Å². The second-order valence-electron chi connectivity index (χ2n) is 5.42. The summed E-state index contributed by atoms with van der Waals surface area (Å²) in [4.78, 5) is 20.8. The summed E-state index contributed by atoms with van der Waals surface area (Å²) in [6.07, 6.45) is 0. The molecule has 0 amide bonds. The Morgan fingerprint density at radius 3 is 1.90 bits per heavy atom. The van der Waals surface area contributed by atoms with E-state index in [4.69, 9.17) is 20.7 Å². The summed E-state index contributed by atoms with van der Waals surface area (Å²) < 4.78 is 0. The van der Waals surface area contributed by atoms with E-state index < -0.39 is 22.2 Å². The molecule has 0 aliphatic carbocycles. The van der Waals surface area contributed by atoms with Crippen molar-refractivity contribution in [2.45, 2.75) is 0 Å². The van der Waals surface area contributed by atoms with Crippen molar-refractivity contribution in [2.75, 3.05) is 0 Å². The van der Waals surface area contributed by atoms with Crippen LogP contribution >= 0.6 is 11.1 Å². The predicted molar refractivity (Wildman–Crippen MR) is 121 cm³/mol. The molecule has 0 atom stereocenters. The Labute approximate surface area is 183 Å². The molecule has 2 nitrogen and oxygen atoms in total. The Balaban J connectivity index is 0.000000318. The molecular weight excluding hydrogens is 439 g/mol. The number of halogens is 1. The number of benzene rings is 3. The van der Waals surface area contributed by atoms with Gasteiger partial charge in [0.1, 0.15) is 0 Å². The van der Waals surface area contributed by atoms with Crippen LogP contribution in [0.5, 0.6) is 0 Å². The summed E-state index contributed by atoms with van der Waals surface area (Å²) in [5, 5.41) is 5.04. The van der Waals surface area contributed by atoms with E-state index >= 15 is 0 Å². The molecule has 0 fully saturated rings. The minimum atomic E-state index is -1.20. The standard InChI is InChI=1S/C16H12ClSi.C5H5.2CO.CH3.Mn/c17-18(14-9-2-1-3-10-14)16-12-6-8-13-7-4-5-11-15(13)16;1-2-4-5-3-1;2*1-2;;/h1-12H;1-5H;;;1H3;/q;-1;;;-1;. The fraction of sp³-hybridized carbons (Fsp3) is 0. The summed E-state index contributed by atoms with van der Waals surface area (Å²) in [6, 6.07) is 35.2. The zero-order valence-corrected chi connectivity index (χ0v) is 18.8. The Morgan fingerprint density at radius 1 is 0.759 bits per heavy atom. The minimum absolute atomic E-state index is 0. The second-order valence-corrected chi connectivity index (χ2v) is 9.07. The molecule has 0 unspecified atom stereocenters. The molecule has 1 radical (unpaired) electrons. The Bertz CT molecular complexity index is 1050. The first-order valence-electron chi connectivity index (χ1n) is 8.37. The van der Waals surface area contributed by atoms with Crippen molar-refractivity contribution in [3.05, 3.63) is 111 Å². The molecule has 0 aliphatic rings. The molecular formula is C24H20ClMnO2Si-2. The van der Waals surface area contributed by atoms with Crippen LogP contribution in [0.2, 0.25) is 0 Å². The van der Waals surface area contributed by atoms with Crippen molar-refractivity contribution < 1.29 is 23.7 Å². The summed E-state index contributed by atoms with van der Waals surface area (Å²) in [5.41, 5.74) is 0. The average Bonchev–Trinajstić information content (AvgIpc) is 3.35. The molecule has 4 aromatic rings. The monoisotopic (exact) mass is 458 g/mol. The van der Waals surface area contributed by atoms with Gasteiger partial charge < -0.3 is 7.43 Å². The normalized spacial score (nSPS) is 8.90. The molecule has 4 aromatic carbocycles.